The summed E-state index contributed by atoms with van der Waals surface area (Å²) in [6, 6.07) is 12.3. The molecule has 1 aliphatic rings. The van der Waals surface area contributed by atoms with Crippen LogP contribution in [0.2, 0.25) is 0 Å². The normalized spacial score (nSPS) is 21.3. The molecule has 31 heavy (non-hydrogen) atoms. The highest BCUT2D eigenvalue weighted by Gasteiger charge is 2.35. The fourth-order valence-corrected chi connectivity index (χ4v) is 5.02. The monoisotopic (exact) mass is 431 g/mol. The molecule has 0 saturated heterocycles. The smallest absolute Gasteiger partial charge is 0.406 e. The first-order valence-electron chi connectivity index (χ1n) is 10.6. The summed E-state index contributed by atoms with van der Waals surface area (Å²) in [5.74, 6) is 1.06. The third-order valence-electron chi connectivity index (χ3n) is 5.92. The number of alkyl halides is 3. The lowest BCUT2D eigenvalue weighted by Crippen LogP contribution is -2.29. The molecule has 1 N–H and O–H groups in total. The molecule has 0 unspecified atom stereocenters. The lowest BCUT2D eigenvalue weighted by molar-refractivity contribution is -0.274. The van der Waals surface area contributed by atoms with Gasteiger partial charge in [0.15, 0.2) is 0 Å². The Morgan fingerprint density at radius 3 is 2.45 bits per heavy atom. The van der Waals surface area contributed by atoms with Crippen LogP contribution in [-0.4, -0.2) is 15.9 Å². The van der Waals surface area contributed by atoms with Crippen LogP contribution in [0.25, 0.3) is 11.0 Å². The highest BCUT2D eigenvalue weighted by molar-refractivity contribution is 5.80. The van der Waals surface area contributed by atoms with Crippen LogP contribution in [0.3, 0.4) is 0 Å². The molecule has 0 amide bonds. The molecule has 1 saturated carbocycles. The molecule has 0 bridgehead atoms. The first-order chi connectivity index (χ1) is 14.5. The quantitative estimate of drug-likeness (QED) is 0.469. The van der Waals surface area contributed by atoms with Crippen molar-refractivity contribution >= 4 is 22.7 Å². The minimum atomic E-state index is -4.70. The number of nitrogens with one attached hydrogen (secondary N) is 1. The Morgan fingerprint density at radius 1 is 1.10 bits per heavy atom. The Balaban J connectivity index is 1.70. The third-order valence-corrected chi connectivity index (χ3v) is 5.92. The molecule has 4 rings (SSSR count). The Morgan fingerprint density at radius 2 is 1.81 bits per heavy atom. The van der Waals surface area contributed by atoms with E-state index in [1.165, 1.54) is 18.6 Å². The standard InChI is InChI=1S/C24H28F3N3O/c1-15-5-10-20-21(12-15)30(18-11-16(2)13-23(3,4)14-18)22(29-20)28-17-6-8-19(9-7-17)31-24(25,26)27/h5-10,12,16,18H,11,13-14H2,1-4H3,(H,28,29)/t16-,18+/m0/s1. The van der Waals surface area contributed by atoms with Crippen molar-refractivity contribution in [3.8, 4) is 5.75 Å². The molecule has 3 aromatic rings. The number of fused-ring (bicyclic) bond motifs is 1. The van der Waals surface area contributed by atoms with Crippen LogP contribution in [0, 0.1) is 18.3 Å². The molecule has 0 aliphatic heterocycles. The van der Waals surface area contributed by atoms with Gasteiger partial charge in [0.05, 0.1) is 11.0 Å². The zero-order chi connectivity index (χ0) is 22.4. The zero-order valence-corrected chi connectivity index (χ0v) is 18.3. The number of imidazole rings is 1. The molecule has 1 aromatic heterocycles. The average Bonchev–Trinajstić information content (AvgIpc) is 2.97. The Hall–Kier alpha value is -2.70. The van der Waals surface area contributed by atoms with Crippen molar-refractivity contribution in [1.82, 2.24) is 9.55 Å². The molecule has 0 radical (unpaired) electrons. The van der Waals surface area contributed by atoms with Crippen LogP contribution in [0.1, 0.15) is 51.6 Å². The van der Waals surface area contributed by atoms with Crippen LogP contribution >= 0.6 is 0 Å². The van der Waals surface area contributed by atoms with E-state index in [2.05, 4.69) is 48.4 Å². The summed E-state index contributed by atoms with van der Waals surface area (Å²) < 4.78 is 43.6. The van der Waals surface area contributed by atoms with Gasteiger partial charge in [0.25, 0.3) is 0 Å². The highest BCUT2D eigenvalue weighted by Crippen LogP contribution is 2.46. The maximum atomic E-state index is 12.4. The van der Waals surface area contributed by atoms with E-state index < -0.39 is 6.36 Å². The summed E-state index contributed by atoms with van der Waals surface area (Å²) in [6.07, 6.45) is -1.40. The fourth-order valence-electron chi connectivity index (χ4n) is 5.02. The number of nitrogens with zero attached hydrogens (tertiary/aromatic N) is 2. The van der Waals surface area contributed by atoms with Gasteiger partial charge in [-0.2, -0.15) is 0 Å². The molecule has 7 heteroatoms. The molecular formula is C24H28F3N3O. The van der Waals surface area contributed by atoms with Crippen molar-refractivity contribution in [2.45, 2.75) is 59.4 Å². The second-order valence-corrected chi connectivity index (χ2v) is 9.56. The summed E-state index contributed by atoms with van der Waals surface area (Å²) in [4.78, 5) is 4.82. The zero-order valence-electron chi connectivity index (χ0n) is 18.3. The molecular weight excluding hydrogens is 403 g/mol. The molecule has 166 valence electrons. The molecule has 2 atom stereocenters. The molecule has 1 fully saturated rings. The van der Waals surface area contributed by atoms with Gasteiger partial charge in [-0.25, -0.2) is 4.98 Å². The highest BCUT2D eigenvalue weighted by atomic mass is 19.4. The summed E-state index contributed by atoms with van der Waals surface area (Å²) in [6.45, 7) is 8.99. The predicted octanol–water partition coefficient (Wildman–Crippen LogP) is 7.37. The van der Waals surface area contributed by atoms with Gasteiger partial charge < -0.3 is 14.6 Å². The number of halogens is 3. The summed E-state index contributed by atoms with van der Waals surface area (Å²) in [5.41, 5.74) is 4.04. The number of hydrogen-bond donors (Lipinski definition) is 1. The minimum absolute atomic E-state index is 0.233. The number of aromatic nitrogens is 2. The SMILES string of the molecule is Cc1ccc2nc(Nc3ccc(OC(F)(F)F)cc3)n([C@@H]3C[C@H](C)CC(C)(C)C3)c2c1. The first-order valence-corrected chi connectivity index (χ1v) is 10.6. The molecule has 1 heterocycles. The lowest BCUT2D eigenvalue weighted by Gasteiger charge is -2.40. The van der Waals surface area contributed by atoms with Gasteiger partial charge in [0, 0.05) is 11.7 Å². The topological polar surface area (TPSA) is 39.1 Å². The van der Waals surface area contributed by atoms with E-state index in [4.69, 9.17) is 4.98 Å². The van der Waals surface area contributed by atoms with Crippen LogP contribution in [0.15, 0.2) is 42.5 Å². The predicted molar refractivity (Wildman–Crippen MR) is 117 cm³/mol. The second kappa shape index (κ2) is 7.77. The number of hydrogen-bond acceptors (Lipinski definition) is 3. The van der Waals surface area contributed by atoms with Gasteiger partial charge >= 0.3 is 6.36 Å². The fraction of sp³-hybridized carbons (Fsp3) is 0.458. The van der Waals surface area contributed by atoms with Gasteiger partial charge in [0.1, 0.15) is 5.75 Å². The van der Waals surface area contributed by atoms with Crippen LogP contribution in [0.5, 0.6) is 5.75 Å². The number of ether oxygens (including phenoxy) is 1. The summed E-state index contributed by atoms with van der Waals surface area (Å²) in [7, 11) is 0. The average molecular weight is 432 g/mol. The number of benzene rings is 2. The van der Waals surface area contributed by atoms with Crippen LogP contribution in [0.4, 0.5) is 24.8 Å². The second-order valence-electron chi connectivity index (χ2n) is 9.56. The first kappa shape index (κ1) is 21.5. The van der Waals surface area contributed by atoms with Gasteiger partial charge in [-0.05, 0) is 79.5 Å². The van der Waals surface area contributed by atoms with E-state index in [0.29, 0.717) is 23.6 Å². The maximum absolute atomic E-state index is 12.4. The van der Waals surface area contributed by atoms with Gasteiger partial charge in [-0.3, -0.25) is 0 Å². The molecule has 1 aliphatic carbocycles. The van der Waals surface area contributed by atoms with Crippen molar-refractivity contribution in [3.05, 3.63) is 48.0 Å². The van der Waals surface area contributed by atoms with Crippen molar-refractivity contribution in [2.24, 2.45) is 11.3 Å². The van der Waals surface area contributed by atoms with Crippen LogP contribution < -0.4 is 10.1 Å². The van der Waals surface area contributed by atoms with E-state index in [1.807, 2.05) is 12.1 Å². The van der Waals surface area contributed by atoms with Gasteiger partial charge in [0.2, 0.25) is 5.95 Å². The molecule has 4 nitrogen and oxygen atoms in total. The Bertz CT molecular complexity index is 1070. The Kier molecular flexibility index (Phi) is 5.40. The molecule has 2 aromatic carbocycles. The Labute approximate surface area is 180 Å². The summed E-state index contributed by atoms with van der Waals surface area (Å²) >= 11 is 0. The largest absolute Gasteiger partial charge is 0.573 e. The van der Waals surface area contributed by atoms with Gasteiger partial charge in [-0.15, -0.1) is 13.2 Å². The van der Waals surface area contributed by atoms with Crippen molar-refractivity contribution in [1.29, 1.82) is 0 Å². The van der Waals surface area contributed by atoms with Crippen molar-refractivity contribution in [3.63, 3.8) is 0 Å². The minimum Gasteiger partial charge on any atom is -0.406 e. The van der Waals surface area contributed by atoms with Crippen molar-refractivity contribution in [2.75, 3.05) is 5.32 Å². The van der Waals surface area contributed by atoms with E-state index in [-0.39, 0.29) is 11.2 Å². The van der Waals surface area contributed by atoms with Crippen LogP contribution in [-0.2, 0) is 0 Å². The lowest BCUT2D eigenvalue weighted by atomic mass is 9.70. The van der Waals surface area contributed by atoms with E-state index in [0.717, 1.165) is 29.4 Å². The third kappa shape index (κ3) is 4.97. The molecule has 0 spiro atoms. The van der Waals surface area contributed by atoms with Gasteiger partial charge in [-0.1, -0.05) is 26.8 Å². The number of anilines is 2. The van der Waals surface area contributed by atoms with Crippen molar-refractivity contribution < 1.29 is 17.9 Å². The van der Waals surface area contributed by atoms with E-state index in [9.17, 15) is 13.2 Å². The number of aryl methyl sites for hydroxylation is 1. The maximum Gasteiger partial charge on any atom is 0.573 e. The van der Waals surface area contributed by atoms with E-state index in [1.54, 1.807) is 12.1 Å². The summed E-state index contributed by atoms with van der Waals surface area (Å²) in [5, 5.41) is 3.33. The van der Waals surface area contributed by atoms with E-state index >= 15 is 0 Å². The number of rotatable bonds is 4.